The number of hydrogen-bond donors (Lipinski definition) is 1. The molecule has 1 aliphatic rings. The highest BCUT2D eigenvalue weighted by Crippen LogP contribution is 2.35. The molecule has 1 saturated heterocycles. The average Bonchev–Trinajstić information content (AvgIpc) is 2.86. The Kier molecular flexibility index (Phi) is 6.05. The first-order valence-electron chi connectivity index (χ1n) is 7.25. The molecule has 0 atom stereocenters. The van der Waals surface area contributed by atoms with Crippen molar-refractivity contribution in [3.63, 3.8) is 0 Å². The van der Waals surface area contributed by atoms with Gasteiger partial charge in [-0.2, -0.15) is 0 Å². The van der Waals surface area contributed by atoms with Crippen LogP contribution in [0.1, 0.15) is 5.56 Å². The molecular formula is C17H10Cl4N2O2S. The van der Waals surface area contributed by atoms with Crippen molar-refractivity contribution in [2.75, 3.05) is 12.0 Å². The first-order valence-corrected chi connectivity index (χ1v) is 9.58. The summed E-state index contributed by atoms with van der Waals surface area (Å²) in [4.78, 5) is 26.0. The second-order valence-electron chi connectivity index (χ2n) is 5.20. The van der Waals surface area contributed by atoms with Gasteiger partial charge in [0, 0.05) is 20.6 Å². The summed E-state index contributed by atoms with van der Waals surface area (Å²) in [7, 11) is 0. The summed E-state index contributed by atoms with van der Waals surface area (Å²) in [6.07, 6.45) is 1.52. The van der Waals surface area contributed by atoms with Crippen LogP contribution >= 0.6 is 58.2 Å². The van der Waals surface area contributed by atoms with Gasteiger partial charge < -0.3 is 5.32 Å². The number of anilines is 1. The lowest BCUT2D eigenvalue weighted by Gasteiger charge is -2.15. The molecule has 1 N–H and O–H groups in total. The molecule has 0 aliphatic carbocycles. The maximum Gasteiger partial charge on any atom is 0.295 e. The Bertz CT molecular complexity index is 913. The molecule has 1 heterocycles. The zero-order chi connectivity index (χ0) is 18.8. The number of nitrogens with zero attached hydrogens (tertiary/aromatic N) is 1. The predicted octanol–water partition coefficient (Wildman–Crippen LogP) is 6.41. The van der Waals surface area contributed by atoms with E-state index in [9.17, 15) is 9.59 Å². The third kappa shape index (κ3) is 4.13. The number of thioether (sulfide) groups is 1. The quantitative estimate of drug-likeness (QED) is 0.550. The van der Waals surface area contributed by atoms with Crippen molar-refractivity contribution in [2.24, 2.45) is 0 Å². The molecule has 4 nitrogen and oxygen atoms in total. The third-order valence-electron chi connectivity index (χ3n) is 3.50. The Hall–Kier alpha value is -1.37. The highest BCUT2D eigenvalue weighted by Gasteiger charge is 2.35. The fourth-order valence-electron chi connectivity index (χ4n) is 2.21. The van der Waals surface area contributed by atoms with Crippen LogP contribution in [0.4, 0.5) is 10.5 Å². The van der Waals surface area contributed by atoms with Crippen LogP contribution in [-0.2, 0) is 4.79 Å². The monoisotopic (exact) mass is 446 g/mol. The van der Waals surface area contributed by atoms with Crippen molar-refractivity contribution in [1.82, 2.24) is 4.90 Å². The summed E-state index contributed by atoms with van der Waals surface area (Å²) in [5.74, 6) is -0.443. The highest BCUT2D eigenvalue weighted by molar-refractivity contribution is 8.18. The molecule has 0 unspecified atom stereocenters. The predicted molar refractivity (Wildman–Crippen MR) is 109 cm³/mol. The third-order valence-corrected chi connectivity index (χ3v) is 5.64. The van der Waals surface area contributed by atoms with Gasteiger partial charge in [-0.25, -0.2) is 0 Å². The second-order valence-corrected chi connectivity index (χ2v) is 7.86. The molecule has 0 spiro atoms. The van der Waals surface area contributed by atoms with Crippen molar-refractivity contribution in [1.29, 1.82) is 0 Å². The van der Waals surface area contributed by atoms with Crippen LogP contribution in [-0.4, -0.2) is 22.7 Å². The summed E-state index contributed by atoms with van der Waals surface area (Å²) in [6, 6.07) is 9.90. The van der Waals surface area contributed by atoms with Gasteiger partial charge in [0.2, 0.25) is 0 Å². The summed E-state index contributed by atoms with van der Waals surface area (Å²) in [5, 5.41) is 4.24. The molecule has 2 aromatic rings. The number of rotatable bonds is 4. The smallest absolute Gasteiger partial charge is 0.295 e. The van der Waals surface area contributed by atoms with E-state index in [1.165, 1.54) is 6.08 Å². The first kappa shape index (κ1) is 19.4. The molecular weight excluding hydrogens is 438 g/mol. The number of imide groups is 1. The van der Waals surface area contributed by atoms with Gasteiger partial charge in [-0.15, -0.1) is 0 Å². The van der Waals surface area contributed by atoms with Crippen LogP contribution in [0.15, 0.2) is 41.3 Å². The summed E-state index contributed by atoms with van der Waals surface area (Å²) < 4.78 is 0. The molecule has 9 heteroatoms. The maximum atomic E-state index is 12.5. The lowest BCUT2D eigenvalue weighted by Crippen LogP contribution is -2.33. The number of hydrogen-bond acceptors (Lipinski definition) is 4. The summed E-state index contributed by atoms with van der Waals surface area (Å²) in [5.41, 5.74) is 1.02. The van der Waals surface area contributed by atoms with Crippen LogP contribution in [0.5, 0.6) is 0 Å². The number of benzene rings is 2. The second kappa shape index (κ2) is 8.11. The van der Waals surface area contributed by atoms with Crippen molar-refractivity contribution >= 4 is 81.1 Å². The fraction of sp³-hybridized carbons (Fsp3) is 0.0588. The van der Waals surface area contributed by atoms with E-state index >= 15 is 0 Å². The summed E-state index contributed by atoms with van der Waals surface area (Å²) >= 11 is 25.0. The van der Waals surface area contributed by atoms with Crippen molar-refractivity contribution < 1.29 is 9.59 Å². The first-order chi connectivity index (χ1) is 12.4. The lowest BCUT2D eigenvalue weighted by atomic mass is 10.2. The minimum Gasteiger partial charge on any atom is -0.366 e. The Labute approximate surface area is 174 Å². The Morgan fingerprint density at radius 2 is 1.69 bits per heavy atom. The van der Waals surface area contributed by atoms with E-state index in [2.05, 4.69) is 5.32 Å². The largest absolute Gasteiger partial charge is 0.366 e. The molecule has 0 radical (unpaired) electrons. The van der Waals surface area contributed by atoms with Gasteiger partial charge in [0.25, 0.3) is 11.1 Å². The number of carbonyl (C=O) groups excluding carboxylic acids is 2. The van der Waals surface area contributed by atoms with E-state index in [1.54, 1.807) is 36.4 Å². The zero-order valence-corrected chi connectivity index (χ0v) is 16.8. The van der Waals surface area contributed by atoms with Crippen molar-refractivity contribution in [2.45, 2.75) is 0 Å². The number of nitrogens with one attached hydrogen (secondary N) is 1. The normalized spacial score (nSPS) is 15.8. The molecule has 1 fully saturated rings. The average molecular weight is 448 g/mol. The number of amides is 2. The van der Waals surface area contributed by atoms with Gasteiger partial charge in [-0.1, -0.05) is 52.5 Å². The van der Waals surface area contributed by atoms with E-state index in [4.69, 9.17) is 46.4 Å². The van der Waals surface area contributed by atoms with Gasteiger partial charge in [0.1, 0.15) is 0 Å². The van der Waals surface area contributed by atoms with Crippen LogP contribution in [0.2, 0.25) is 20.1 Å². The van der Waals surface area contributed by atoms with E-state index in [0.717, 1.165) is 16.7 Å². The summed E-state index contributed by atoms with van der Waals surface area (Å²) in [6.45, 7) is -0.0433. The molecule has 2 aromatic carbocycles. The molecule has 0 aromatic heterocycles. The number of carbonyl (C=O) groups is 2. The van der Waals surface area contributed by atoms with E-state index in [1.807, 2.05) is 0 Å². The molecule has 134 valence electrons. The van der Waals surface area contributed by atoms with E-state index in [0.29, 0.717) is 31.3 Å². The standard InChI is InChI=1S/C17H10Cl4N2O2S/c18-9-4-5-13(21)14(6-9)22-8-23-16(24)15(26-17(23)25)7-10-11(19)2-1-3-12(10)20/h1-7,22H,8H2. The number of halogens is 4. The van der Waals surface area contributed by atoms with Gasteiger partial charge in [-0.05, 0) is 48.2 Å². The van der Waals surface area contributed by atoms with Gasteiger partial charge >= 0.3 is 0 Å². The zero-order valence-electron chi connectivity index (χ0n) is 12.9. The highest BCUT2D eigenvalue weighted by atomic mass is 35.5. The minimum atomic E-state index is -0.443. The lowest BCUT2D eigenvalue weighted by molar-refractivity contribution is -0.122. The molecule has 0 bridgehead atoms. The van der Waals surface area contributed by atoms with E-state index < -0.39 is 11.1 Å². The molecule has 26 heavy (non-hydrogen) atoms. The topological polar surface area (TPSA) is 49.4 Å². The fourth-order valence-corrected chi connectivity index (χ4v) is 3.90. The molecule has 0 saturated carbocycles. The van der Waals surface area contributed by atoms with Gasteiger partial charge in [0.15, 0.2) is 0 Å². The van der Waals surface area contributed by atoms with Crippen molar-refractivity contribution in [3.05, 3.63) is 67.0 Å². The van der Waals surface area contributed by atoms with Crippen LogP contribution < -0.4 is 5.32 Å². The SMILES string of the molecule is O=C1SC(=Cc2c(Cl)cccc2Cl)C(=O)N1CNc1cc(Cl)ccc1Cl. The molecule has 2 amide bonds. The Balaban J connectivity index is 1.79. The maximum absolute atomic E-state index is 12.5. The van der Waals surface area contributed by atoms with E-state index in [-0.39, 0.29) is 11.6 Å². The Morgan fingerprint density at radius 3 is 2.38 bits per heavy atom. The van der Waals surface area contributed by atoms with Crippen LogP contribution in [0.25, 0.3) is 6.08 Å². The Morgan fingerprint density at radius 1 is 1.00 bits per heavy atom. The van der Waals surface area contributed by atoms with Crippen LogP contribution in [0, 0.1) is 0 Å². The van der Waals surface area contributed by atoms with Gasteiger partial charge in [-0.3, -0.25) is 14.5 Å². The van der Waals surface area contributed by atoms with Crippen LogP contribution in [0.3, 0.4) is 0 Å². The van der Waals surface area contributed by atoms with Gasteiger partial charge in [0.05, 0.1) is 22.3 Å². The minimum absolute atomic E-state index is 0.0433. The molecule has 1 aliphatic heterocycles. The van der Waals surface area contributed by atoms with Crippen molar-refractivity contribution in [3.8, 4) is 0 Å². The molecule has 3 rings (SSSR count).